The van der Waals surface area contributed by atoms with Crippen molar-refractivity contribution in [3.05, 3.63) is 55.9 Å². The molecule has 2 aliphatic heterocycles. The van der Waals surface area contributed by atoms with Crippen LogP contribution in [-0.2, 0) is 19.5 Å². The highest BCUT2D eigenvalue weighted by molar-refractivity contribution is 9.10. The van der Waals surface area contributed by atoms with E-state index in [1.54, 1.807) is 6.20 Å². The van der Waals surface area contributed by atoms with E-state index in [0.29, 0.717) is 12.4 Å². The highest BCUT2D eigenvalue weighted by Gasteiger charge is 2.22. The van der Waals surface area contributed by atoms with Gasteiger partial charge >= 0.3 is 0 Å². The fourth-order valence-corrected chi connectivity index (χ4v) is 3.61. The summed E-state index contributed by atoms with van der Waals surface area (Å²) in [6, 6.07) is 4.00. The fraction of sp³-hybridized carbons (Fsp3) is 0.444. The first kappa shape index (κ1) is 16.6. The van der Waals surface area contributed by atoms with Gasteiger partial charge in [0.15, 0.2) is 5.82 Å². The first-order chi connectivity index (χ1) is 12.2. The summed E-state index contributed by atoms with van der Waals surface area (Å²) in [5.41, 5.74) is 3.63. The molecule has 0 saturated carbocycles. The lowest BCUT2D eigenvalue weighted by Gasteiger charge is -2.27. The summed E-state index contributed by atoms with van der Waals surface area (Å²) in [6.07, 6.45) is 5.74. The third-order valence-corrected chi connectivity index (χ3v) is 5.19. The lowest BCUT2D eigenvalue weighted by molar-refractivity contribution is 0.239. The Kier molecular flexibility index (Phi) is 4.76. The van der Waals surface area contributed by atoms with Gasteiger partial charge in [-0.1, -0.05) is 0 Å². The van der Waals surface area contributed by atoms with E-state index in [2.05, 4.69) is 35.8 Å². The molecule has 2 aromatic rings. The van der Waals surface area contributed by atoms with Gasteiger partial charge < -0.3 is 4.98 Å². The van der Waals surface area contributed by atoms with Crippen LogP contribution in [0, 0.1) is 0 Å². The highest BCUT2D eigenvalue weighted by Crippen LogP contribution is 2.18. The molecule has 0 amide bonds. The molecule has 0 aromatic carbocycles. The largest absolute Gasteiger partial charge is 0.305 e. The number of H-pyrrole nitrogens is 1. The van der Waals surface area contributed by atoms with Crippen molar-refractivity contribution in [3.63, 3.8) is 0 Å². The first-order valence-corrected chi connectivity index (χ1v) is 9.47. The van der Waals surface area contributed by atoms with Crippen LogP contribution in [-0.4, -0.2) is 38.7 Å². The van der Waals surface area contributed by atoms with Crippen molar-refractivity contribution in [3.8, 4) is 0 Å². The Bertz CT molecular complexity index is 859. The number of aliphatic imine (C=N–C) groups is 1. The minimum atomic E-state index is -0.0262. The fourth-order valence-electron chi connectivity index (χ4n) is 3.37. The lowest BCUT2D eigenvalue weighted by Crippen LogP contribution is -2.36. The Balaban J connectivity index is 1.54. The van der Waals surface area contributed by atoms with E-state index < -0.39 is 0 Å². The van der Waals surface area contributed by atoms with Gasteiger partial charge in [0.2, 0.25) is 0 Å². The van der Waals surface area contributed by atoms with Gasteiger partial charge in [-0.2, -0.15) is 0 Å². The predicted molar refractivity (Wildman–Crippen MR) is 99.9 cm³/mol. The molecular formula is C18H20BrN5O. The molecule has 0 unspecified atom stereocenters. The van der Waals surface area contributed by atoms with Crippen molar-refractivity contribution in [1.82, 2.24) is 19.9 Å². The van der Waals surface area contributed by atoms with Crippen LogP contribution in [0.15, 0.2) is 32.6 Å². The van der Waals surface area contributed by atoms with Crippen LogP contribution in [0.4, 0.5) is 0 Å². The zero-order valence-electron chi connectivity index (χ0n) is 14.0. The molecule has 2 aromatic heterocycles. The number of pyridine rings is 1. The number of halogens is 1. The van der Waals surface area contributed by atoms with Crippen LogP contribution < -0.4 is 5.56 Å². The van der Waals surface area contributed by atoms with Gasteiger partial charge in [-0.15, -0.1) is 0 Å². The van der Waals surface area contributed by atoms with E-state index in [1.807, 2.05) is 12.1 Å². The molecule has 0 saturated heterocycles. The van der Waals surface area contributed by atoms with Crippen LogP contribution >= 0.6 is 15.9 Å². The normalized spacial score (nSPS) is 17.9. The Morgan fingerprint density at radius 1 is 1.24 bits per heavy atom. The number of fused-ring (bicyclic) bond motifs is 1. The van der Waals surface area contributed by atoms with Gasteiger partial charge in [0, 0.05) is 43.3 Å². The van der Waals surface area contributed by atoms with E-state index in [4.69, 9.17) is 4.98 Å². The van der Waals surface area contributed by atoms with Crippen molar-refractivity contribution < 1.29 is 0 Å². The molecule has 7 heteroatoms. The van der Waals surface area contributed by atoms with Gasteiger partial charge in [-0.3, -0.25) is 19.7 Å². The lowest BCUT2D eigenvalue weighted by atomic mass is 10.0. The molecule has 0 aliphatic carbocycles. The minimum absolute atomic E-state index is 0.0262. The molecule has 6 nitrogen and oxygen atoms in total. The number of hydrogen-bond donors (Lipinski definition) is 1. The Labute approximate surface area is 154 Å². The second kappa shape index (κ2) is 7.17. The molecule has 0 fully saturated rings. The van der Waals surface area contributed by atoms with Crippen LogP contribution in [0.2, 0.25) is 0 Å². The number of hydrogen-bond acceptors (Lipinski definition) is 5. The standard InChI is InChI=1S/C18H20BrN5O/c19-12-4-5-13(21-9-12)10-24-8-6-15-14(11-24)18(25)23-17(22-15)16-3-1-2-7-20-16/h4-5,9H,1-3,6-8,10-11H2,(H,22,23,25). The maximum atomic E-state index is 12.6. The highest BCUT2D eigenvalue weighted by atomic mass is 79.9. The monoisotopic (exact) mass is 401 g/mol. The van der Waals surface area contributed by atoms with E-state index in [-0.39, 0.29) is 5.56 Å². The molecule has 0 atom stereocenters. The molecule has 4 rings (SSSR count). The maximum Gasteiger partial charge on any atom is 0.255 e. The zero-order valence-corrected chi connectivity index (χ0v) is 15.5. The molecule has 130 valence electrons. The van der Waals surface area contributed by atoms with E-state index in [9.17, 15) is 4.79 Å². The van der Waals surface area contributed by atoms with Gasteiger partial charge in [0.1, 0.15) is 0 Å². The van der Waals surface area contributed by atoms with Gasteiger partial charge in [0.05, 0.1) is 22.7 Å². The molecule has 2 aliphatic rings. The zero-order chi connectivity index (χ0) is 17.2. The molecule has 25 heavy (non-hydrogen) atoms. The summed E-state index contributed by atoms with van der Waals surface area (Å²) in [5, 5.41) is 0. The summed E-state index contributed by atoms with van der Waals surface area (Å²) in [4.78, 5) is 31.4. The topological polar surface area (TPSA) is 74.2 Å². The number of nitrogens with zero attached hydrogens (tertiary/aromatic N) is 4. The van der Waals surface area contributed by atoms with Crippen LogP contribution in [0.1, 0.15) is 42.0 Å². The van der Waals surface area contributed by atoms with Gasteiger partial charge in [0.25, 0.3) is 5.56 Å². The van der Waals surface area contributed by atoms with E-state index in [0.717, 1.165) is 72.5 Å². The Morgan fingerprint density at radius 3 is 2.92 bits per heavy atom. The second-order valence-corrected chi connectivity index (χ2v) is 7.47. The maximum absolute atomic E-state index is 12.6. The second-order valence-electron chi connectivity index (χ2n) is 6.55. The molecule has 4 heterocycles. The molecular weight excluding hydrogens is 382 g/mol. The molecule has 1 N–H and O–H groups in total. The van der Waals surface area contributed by atoms with E-state index >= 15 is 0 Å². The summed E-state index contributed by atoms with van der Waals surface area (Å²) < 4.78 is 0.971. The number of nitrogens with one attached hydrogen (secondary N) is 1. The van der Waals surface area contributed by atoms with Crippen LogP contribution in [0.5, 0.6) is 0 Å². The average molecular weight is 402 g/mol. The van der Waals surface area contributed by atoms with Crippen molar-refractivity contribution in [2.75, 3.05) is 13.1 Å². The average Bonchev–Trinajstić information content (AvgIpc) is 2.65. The Morgan fingerprint density at radius 2 is 2.16 bits per heavy atom. The summed E-state index contributed by atoms with van der Waals surface area (Å²) >= 11 is 3.40. The predicted octanol–water partition coefficient (Wildman–Crippen LogP) is 2.46. The minimum Gasteiger partial charge on any atom is -0.305 e. The third kappa shape index (κ3) is 3.72. The van der Waals surface area contributed by atoms with Crippen LogP contribution in [0.25, 0.3) is 0 Å². The summed E-state index contributed by atoms with van der Waals surface area (Å²) in [6.45, 7) is 3.07. The Hall–Kier alpha value is -1.86. The van der Waals surface area contributed by atoms with Crippen molar-refractivity contribution in [2.24, 2.45) is 4.99 Å². The third-order valence-electron chi connectivity index (χ3n) is 4.72. The number of rotatable bonds is 3. The van der Waals surface area contributed by atoms with Crippen molar-refractivity contribution in [2.45, 2.75) is 38.8 Å². The molecule has 0 radical (unpaired) electrons. The van der Waals surface area contributed by atoms with Gasteiger partial charge in [-0.25, -0.2) is 4.98 Å². The number of aromatic nitrogens is 3. The SMILES string of the molecule is O=c1[nH]c(C2=NCCCC2)nc2c1CN(Cc1ccc(Br)cn1)CC2. The number of aromatic amines is 1. The quantitative estimate of drug-likeness (QED) is 0.856. The summed E-state index contributed by atoms with van der Waals surface area (Å²) in [5.74, 6) is 0.673. The van der Waals surface area contributed by atoms with E-state index in [1.165, 1.54) is 0 Å². The first-order valence-electron chi connectivity index (χ1n) is 8.67. The van der Waals surface area contributed by atoms with Gasteiger partial charge in [-0.05, 0) is 47.3 Å². The smallest absolute Gasteiger partial charge is 0.255 e. The van der Waals surface area contributed by atoms with Crippen molar-refractivity contribution >= 4 is 21.6 Å². The molecule has 0 bridgehead atoms. The summed E-state index contributed by atoms with van der Waals surface area (Å²) in [7, 11) is 0. The molecule has 0 spiro atoms. The van der Waals surface area contributed by atoms with Crippen LogP contribution in [0.3, 0.4) is 0 Å². The van der Waals surface area contributed by atoms with Crippen molar-refractivity contribution in [1.29, 1.82) is 0 Å².